The number of carbonyl (C=O) groups excluding carboxylic acids is 1. The van der Waals surface area contributed by atoms with Crippen molar-refractivity contribution in [1.29, 1.82) is 0 Å². The second-order valence-corrected chi connectivity index (χ2v) is 6.80. The number of hydrogen-bond acceptors (Lipinski definition) is 4. The van der Waals surface area contributed by atoms with Crippen LogP contribution in [-0.4, -0.2) is 37.2 Å². The number of nitrogens with one attached hydrogen (secondary N) is 1. The minimum Gasteiger partial charge on any atom is -0.497 e. The van der Waals surface area contributed by atoms with Crippen LogP contribution in [0.1, 0.15) is 16.7 Å². The van der Waals surface area contributed by atoms with Crippen LogP contribution >= 0.6 is 0 Å². The van der Waals surface area contributed by atoms with Gasteiger partial charge in [-0.15, -0.1) is 0 Å². The van der Waals surface area contributed by atoms with E-state index in [1.807, 2.05) is 31.2 Å². The van der Waals surface area contributed by atoms with Crippen LogP contribution < -0.4 is 14.8 Å². The molecule has 0 spiro atoms. The molecular formula is C22H23NO5. The highest BCUT2D eigenvalue weighted by atomic mass is 16.5. The molecule has 1 aliphatic heterocycles. The Morgan fingerprint density at radius 2 is 2.07 bits per heavy atom. The highest BCUT2D eigenvalue weighted by Gasteiger charge is 2.22. The number of amides is 1. The lowest BCUT2D eigenvalue weighted by Gasteiger charge is -2.19. The molecule has 28 heavy (non-hydrogen) atoms. The molecule has 0 saturated carbocycles. The Bertz CT molecular complexity index is 919. The van der Waals surface area contributed by atoms with Crippen LogP contribution in [0.25, 0.3) is 6.08 Å². The average Bonchev–Trinajstić information content (AvgIpc) is 2.69. The van der Waals surface area contributed by atoms with Crippen molar-refractivity contribution in [3.8, 4) is 11.5 Å². The first-order valence-corrected chi connectivity index (χ1v) is 9.04. The van der Waals surface area contributed by atoms with Crippen LogP contribution in [0.2, 0.25) is 0 Å². The zero-order valence-electron chi connectivity index (χ0n) is 15.9. The van der Waals surface area contributed by atoms with Gasteiger partial charge in [-0.3, -0.25) is 9.59 Å². The van der Waals surface area contributed by atoms with Crippen molar-refractivity contribution in [1.82, 2.24) is 5.32 Å². The average molecular weight is 381 g/mol. The van der Waals surface area contributed by atoms with E-state index in [2.05, 4.69) is 5.32 Å². The normalized spacial score (nSPS) is 13.6. The molecule has 1 aliphatic rings. The zero-order valence-corrected chi connectivity index (χ0v) is 15.9. The molecule has 2 aromatic carbocycles. The highest BCUT2D eigenvalue weighted by molar-refractivity contribution is 5.99. The predicted molar refractivity (Wildman–Crippen MR) is 105 cm³/mol. The third-order valence-electron chi connectivity index (χ3n) is 4.64. The largest absolute Gasteiger partial charge is 0.497 e. The molecule has 3 rings (SSSR count). The minimum absolute atomic E-state index is 0.0460. The highest BCUT2D eigenvalue weighted by Crippen LogP contribution is 2.29. The minimum atomic E-state index is -0.939. The van der Waals surface area contributed by atoms with Crippen molar-refractivity contribution in [3.63, 3.8) is 0 Å². The maximum absolute atomic E-state index is 12.5. The van der Waals surface area contributed by atoms with Crippen molar-refractivity contribution in [3.05, 3.63) is 64.7 Å². The summed E-state index contributed by atoms with van der Waals surface area (Å²) >= 11 is 0. The Labute approximate surface area is 163 Å². The fourth-order valence-corrected chi connectivity index (χ4v) is 3.11. The maximum Gasteiger partial charge on any atom is 0.308 e. The lowest BCUT2D eigenvalue weighted by atomic mass is 9.98. The molecule has 146 valence electrons. The zero-order chi connectivity index (χ0) is 20.1. The van der Waals surface area contributed by atoms with Gasteiger partial charge in [-0.1, -0.05) is 29.8 Å². The molecule has 0 aromatic heterocycles. The number of methoxy groups -OCH3 is 1. The van der Waals surface area contributed by atoms with E-state index in [4.69, 9.17) is 9.47 Å². The SMILES string of the molecule is COc1ccc2c(c1)C=C(C(=O)NCC(Cc1cccc(C)c1)C(=O)O)CO2. The molecule has 1 unspecified atom stereocenters. The van der Waals surface area contributed by atoms with Crippen LogP contribution in [-0.2, 0) is 16.0 Å². The monoisotopic (exact) mass is 381 g/mol. The van der Waals surface area contributed by atoms with Gasteiger partial charge in [0.25, 0.3) is 5.91 Å². The summed E-state index contributed by atoms with van der Waals surface area (Å²) in [4.78, 5) is 24.1. The quantitative estimate of drug-likeness (QED) is 0.770. The molecule has 1 amide bonds. The van der Waals surface area contributed by atoms with Crippen molar-refractivity contribution < 1.29 is 24.2 Å². The van der Waals surface area contributed by atoms with Crippen LogP contribution in [0, 0.1) is 12.8 Å². The fourth-order valence-electron chi connectivity index (χ4n) is 3.11. The summed E-state index contributed by atoms with van der Waals surface area (Å²) < 4.78 is 10.8. The summed E-state index contributed by atoms with van der Waals surface area (Å²) in [6.45, 7) is 2.15. The van der Waals surface area contributed by atoms with Gasteiger partial charge in [0.2, 0.25) is 0 Å². The molecule has 1 heterocycles. The van der Waals surface area contributed by atoms with Gasteiger partial charge in [0, 0.05) is 12.1 Å². The first-order chi connectivity index (χ1) is 13.5. The standard InChI is InChI=1S/C22H23NO5/c1-14-4-3-5-15(8-14)9-17(22(25)26)12-23-21(24)18-10-16-11-19(27-2)6-7-20(16)28-13-18/h3-8,10-11,17H,9,12-13H2,1-2H3,(H,23,24)(H,25,26). The Morgan fingerprint density at radius 1 is 1.25 bits per heavy atom. The molecule has 0 bridgehead atoms. The van der Waals surface area contributed by atoms with Crippen molar-refractivity contribution in [2.24, 2.45) is 5.92 Å². The fraction of sp³-hybridized carbons (Fsp3) is 0.273. The predicted octanol–water partition coefficient (Wildman–Crippen LogP) is 2.84. The van der Waals surface area contributed by atoms with Crippen LogP contribution in [0.4, 0.5) is 0 Å². The van der Waals surface area contributed by atoms with Crippen LogP contribution in [0.5, 0.6) is 11.5 Å². The van der Waals surface area contributed by atoms with Gasteiger partial charge in [0.15, 0.2) is 0 Å². The van der Waals surface area contributed by atoms with Crippen LogP contribution in [0.15, 0.2) is 48.0 Å². The van der Waals surface area contributed by atoms with Gasteiger partial charge in [0.1, 0.15) is 18.1 Å². The maximum atomic E-state index is 12.5. The molecule has 6 nitrogen and oxygen atoms in total. The number of carbonyl (C=O) groups is 2. The summed E-state index contributed by atoms with van der Waals surface area (Å²) in [6, 6.07) is 13.1. The van der Waals surface area contributed by atoms with Crippen molar-refractivity contribution >= 4 is 18.0 Å². The number of rotatable bonds is 7. The number of carboxylic acid groups (broad SMARTS) is 1. The molecule has 0 radical (unpaired) electrons. The number of aryl methyl sites for hydroxylation is 1. The third-order valence-corrected chi connectivity index (χ3v) is 4.64. The summed E-state index contributed by atoms with van der Waals surface area (Å²) in [7, 11) is 1.57. The van der Waals surface area contributed by atoms with E-state index in [1.54, 1.807) is 31.4 Å². The molecule has 0 saturated heterocycles. The molecule has 0 aliphatic carbocycles. The third kappa shape index (κ3) is 4.71. The van der Waals surface area contributed by atoms with Crippen LogP contribution in [0.3, 0.4) is 0 Å². The van der Waals surface area contributed by atoms with E-state index in [-0.39, 0.29) is 19.1 Å². The van der Waals surface area contributed by atoms with E-state index in [1.165, 1.54) is 0 Å². The van der Waals surface area contributed by atoms with Gasteiger partial charge in [-0.2, -0.15) is 0 Å². The summed E-state index contributed by atoms with van der Waals surface area (Å²) in [5.41, 5.74) is 3.21. The Kier molecular flexibility index (Phi) is 5.99. The van der Waals surface area contributed by atoms with E-state index in [0.717, 1.165) is 16.7 Å². The molecule has 6 heteroatoms. The van der Waals surface area contributed by atoms with E-state index in [9.17, 15) is 14.7 Å². The Balaban J connectivity index is 1.66. The molecule has 2 N–H and O–H groups in total. The lowest BCUT2D eigenvalue weighted by molar-refractivity contribution is -0.141. The Hall–Kier alpha value is -3.28. The number of ether oxygens (including phenoxy) is 2. The number of hydrogen-bond donors (Lipinski definition) is 2. The number of fused-ring (bicyclic) bond motifs is 1. The first kappa shape index (κ1) is 19.5. The first-order valence-electron chi connectivity index (χ1n) is 9.04. The molecule has 2 aromatic rings. The van der Waals surface area contributed by atoms with Gasteiger partial charge < -0.3 is 19.9 Å². The Morgan fingerprint density at radius 3 is 2.79 bits per heavy atom. The summed E-state index contributed by atoms with van der Waals surface area (Å²) in [5, 5.41) is 12.2. The van der Waals surface area contributed by atoms with Crippen molar-refractivity contribution in [2.75, 3.05) is 20.3 Å². The number of carboxylic acids is 1. The summed E-state index contributed by atoms with van der Waals surface area (Å²) in [5.74, 6) is -0.623. The number of benzene rings is 2. The molecule has 1 atom stereocenters. The molecule has 0 fully saturated rings. The number of aliphatic carboxylic acids is 1. The smallest absolute Gasteiger partial charge is 0.308 e. The van der Waals surface area contributed by atoms with Gasteiger partial charge in [-0.05, 0) is 43.2 Å². The van der Waals surface area contributed by atoms with E-state index >= 15 is 0 Å². The van der Waals surface area contributed by atoms with Gasteiger partial charge in [-0.25, -0.2) is 0 Å². The van der Waals surface area contributed by atoms with E-state index < -0.39 is 11.9 Å². The lowest BCUT2D eigenvalue weighted by Crippen LogP contribution is -2.36. The molecular weight excluding hydrogens is 358 g/mol. The van der Waals surface area contributed by atoms with E-state index in [0.29, 0.717) is 23.5 Å². The topological polar surface area (TPSA) is 84.9 Å². The van der Waals surface area contributed by atoms with Gasteiger partial charge >= 0.3 is 5.97 Å². The van der Waals surface area contributed by atoms with Crippen molar-refractivity contribution in [2.45, 2.75) is 13.3 Å². The second kappa shape index (κ2) is 8.61. The second-order valence-electron chi connectivity index (χ2n) is 6.80. The van der Waals surface area contributed by atoms with Gasteiger partial charge in [0.05, 0.1) is 18.6 Å². The summed E-state index contributed by atoms with van der Waals surface area (Å²) in [6.07, 6.45) is 2.10.